The van der Waals surface area contributed by atoms with Gasteiger partial charge in [-0.05, 0) is 30.5 Å². The summed E-state index contributed by atoms with van der Waals surface area (Å²) < 4.78 is 0. The first-order valence-corrected chi connectivity index (χ1v) is 5.56. The van der Waals surface area contributed by atoms with Crippen molar-refractivity contribution in [2.24, 2.45) is 11.3 Å². The van der Waals surface area contributed by atoms with Gasteiger partial charge in [-0.25, -0.2) is 0 Å². The molecule has 1 aliphatic carbocycles. The third-order valence-corrected chi connectivity index (χ3v) is 3.18. The summed E-state index contributed by atoms with van der Waals surface area (Å²) in [5, 5.41) is 3.37. The van der Waals surface area contributed by atoms with Crippen LogP contribution >= 0.6 is 0 Å². The summed E-state index contributed by atoms with van der Waals surface area (Å²) in [6, 6.07) is 0.284. The van der Waals surface area contributed by atoms with Crippen LogP contribution < -0.4 is 5.32 Å². The third kappa shape index (κ3) is 2.37. The molecule has 0 aromatic carbocycles. The fraction of sp³-hybridized carbons (Fsp3) is 0.615. The Bertz CT molecular complexity index is 302. The largest absolute Gasteiger partial charge is 0.314 e. The molecule has 1 rings (SSSR count). The molecule has 2 unspecified atom stereocenters. The smallest absolute Gasteiger partial charge is 0.181 e. The highest BCUT2D eigenvalue weighted by Gasteiger charge is 2.38. The molecular formula is C13H21NO. The van der Waals surface area contributed by atoms with Crippen molar-refractivity contribution < 1.29 is 4.79 Å². The number of rotatable bonds is 3. The van der Waals surface area contributed by atoms with Crippen molar-refractivity contribution in [1.82, 2.24) is 5.32 Å². The van der Waals surface area contributed by atoms with Gasteiger partial charge in [-0.1, -0.05) is 33.4 Å². The van der Waals surface area contributed by atoms with E-state index in [9.17, 15) is 4.79 Å². The van der Waals surface area contributed by atoms with E-state index in [0.717, 1.165) is 12.1 Å². The molecule has 0 aromatic rings. The van der Waals surface area contributed by atoms with Gasteiger partial charge in [-0.3, -0.25) is 4.79 Å². The molecule has 0 radical (unpaired) electrons. The van der Waals surface area contributed by atoms with E-state index >= 15 is 0 Å². The summed E-state index contributed by atoms with van der Waals surface area (Å²) in [4.78, 5) is 11.6. The van der Waals surface area contributed by atoms with Gasteiger partial charge in [-0.15, -0.1) is 0 Å². The molecule has 0 spiro atoms. The van der Waals surface area contributed by atoms with Crippen LogP contribution in [0, 0.1) is 11.3 Å². The van der Waals surface area contributed by atoms with Crippen molar-refractivity contribution >= 4 is 5.78 Å². The molecule has 0 bridgehead atoms. The minimum absolute atomic E-state index is 0.00653. The highest BCUT2D eigenvalue weighted by atomic mass is 16.1. The lowest BCUT2D eigenvalue weighted by atomic mass is 9.67. The number of hydrogen-bond acceptors (Lipinski definition) is 2. The van der Waals surface area contributed by atoms with Crippen LogP contribution in [0.2, 0.25) is 0 Å². The second-order valence-electron chi connectivity index (χ2n) is 4.87. The van der Waals surface area contributed by atoms with Crippen LogP contribution in [0.1, 0.15) is 27.7 Å². The van der Waals surface area contributed by atoms with Crippen molar-refractivity contribution in [2.45, 2.75) is 33.7 Å². The standard InChI is InChI=1S/C13H21NO/c1-6-14-10(3)12-9(2)11(15)7-8-13(12,4)5/h7-8,10,12,14H,2,6H2,1,3-5H3. The number of hydrogen-bond donors (Lipinski definition) is 1. The predicted octanol–water partition coefficient (Wildman–Crippen LogP) is 2.32. The lowest BCUT2D eigenvalue weighted by Gasteiger charge is -2.39. The summed E-state index contributed by atoms with van der Waals surface area (Å²) in [6.07, 6.45) is 3.65. The van der Waals surface area contributed by atoms with Crippen LogP contribution in [0.4, 0.5) is 0 Å². The molecule has 0 saturated carbocycles. The summed E-state index contributed by atoms with van der Waals surface area (Å²) >= 11 is 0. The van der Waals surface area contributed by atoms with Crippen molar-refractivity contribution in [3.05, 3.63) is 24.3 Å². The van der Waals surface area contributed by atoms with Gasteiger partial charge in [0.05, 0.1) is 0 Å². The fourth-order valence-corrected chi connectivity index (χ4v) is 2.49. The lowest BCUT2D eigenvalue weighted by Crippen LogP contribution is -2.44. The zero-order chi connectivity index (χ0) is 11.6. The first kappa shape index (κ1) is 12.2. The molecule has 2 nitrogen and oxygen atoms in total. The molecule has 84 valence electrons. The van der Waals surface area contributed by atoms with Crippen molar-refractivity contribution in [1.29, 1.82) is 0 Å². The zero-order valence-electron chi connectivity index (χ0n) is 10.1. The first-order chi connectivity index (χ1) is 6.90. The Balaban J connectivity index is 2.97. The Hall–Kier alpha value is -0.890. The maximum Gasteiger partial charge on any atom is 0.181 e. The Kier molecular flexibility index (Phi) is 3.50. The van der Waals surface area contributed by atoms with E-state index in [1.807, 2.05) is 6.08 Å². The molecule has 0 saturated heterocycles. The Morgan fingerprint density at radius 1 is 1.60 bits per heavy atom. The highest BCUT2D eigenvalue weighted by Crippen LogP contribution is 2.39. The topological polar surface area (TPSA) is 29.1 Å². The quantitative estimate of drug-likeness (QED) is 0.720. The molecule has 0 heterocycles. The highest BCUT2D eigenvalue weighted by molar-refractivity contribution is 6.05. The van der Waals surface area contributed by atoms with Crippen molar-refractivity contribution in [3.63, 3.8) is 0 Å². The van der Waals surface area contributed by atoms with Crippen LogP contribution in [0.25, 0.3) is 0 Å². The van der Waals surface area contributed by atoms with Crippen LogP contribution in [0.5, 0.6) is 0 Å². The van der Waals surface area contributed by atoms with Gasteiger partial charge in [0.25, 0.3) is 0 Å². The number of allylic oxidation sites excluding steroid dienone is 2. The van der Waals surface area contributed by atoms with Crippen LogP contribution in [-0.4, -0.2) is 18.4 Å². The van der Waals surface area contributed by atoms with E-state index in [1.165, 1.54) is 0 Å². The van der Waals surface area contributed by atoms with Gasteiger partial charge in [0.2, 0.25) is 0 Å². The summed E-state index contributed by atoms with van der Waals surface area (Å²) in [5.74, 6) is 0.263. The molecule has 2 atom stereocenters. The normalized spacial score (nSPS) is 26.8. The molecule has 1 N–H and O–H groups in total. The average molecular weight is 207 g/mol. The molecule has 1 aliphatic rings. The first-order valence-electron chi connectivity index (χ1n) is 5.56. The Morgan fingerprint density at radius 3 is 2.73 bits per heavy atom. The van der Waals surface area contributed by atoms with Gasteiger partial charge in [-0.2, -0.15) is 0 Å². The summed E-state index contributed by atoms with van der Waals surface area (Å²) in [5.41, 5.74) is 0.739. The molecule has 0 aromatic heterocycles. The maximum absolute atomic E-state index is 11.6. The predicted molar refractivity (Wildman–Crippen MR) is 63.7 cm³/mol. The number of nitrogens with one attached hydrogen (secondary N) is 1. The summed E-state index contributed by atoms with van der Waals surface area (Å²) in [7, 11) is 0. The fourth-order valence-electron chi connectivity index (χ4n) is 2.49. The van der Waals surface area contributed by atoms with Crippen LogP contribution in [-0.2, 0) is 4.79 Å². The lowest BCUT2D eigenvalue weighted by molar-refractivity contribution is -0.112. The molecule has 0 aliphatic heterocycles. The molecular weight excluding hydrogens is 186 g/mol. The van der Waals surface area contributed by atoms with E-state index in [2.05, 4.69) is 39.6 Å². The van der Waals surface area contributed by atoms with Gasteiger partial charge in [0.15, 0.2) is 5.78 Å². The van der Waals surface area contributed by atoms with Crippen molar-refractivity contribution in [3.8, 4) is 0 Å². The Labute approximate surface area is 92.4 Å². The molecule has 0 amide bonds. The maximum atomic E-state index is 11.6. The third-order valence-electron chi connectivity index (χ3n) is 3.18. The van der Waals surface area contributed by atoms with Crippen molar-refractivity contribution in [2.75, 3.05) is 6.54 Å². The summed E-state index contributed by atoms with van der Waals surface area (Å²) in [6.45, 7) is 13.3. The average Bonchev–Trinajstić information content (AvgIpc) is 2.12. The second-order valence-corrected chi connectivity index (χ2v) is 4.87. The van der Waals surface area contributed by atoms with Crippen LogP contribution in [0.15, 0.2) is 24.3 Å². The van der Waals surface area contributed by atoms with Gasteiger partial charge < -0.3 is 5.32 Å². The van der Waals surface area contributed by atoms with Gasteiger partial charge in [0.1, 0.15) is 0 Å². The molecule has 15 heavy (non-hydrogen) atoms. The van der Waals surface area contributed by atoms with E-state index < -0.39 is 0 Å². The van der Waals surface area contributed by atoms with Gasteiger partial charge in [0, 0.05) is 12.0 Å². The SMILES string of the molecule is C=C1C(=O)C=CC(C)(C)C1C(C)NCC. The second kappa shape index (κ2) is 4.31. The van der Waals surface area contributed by atoms with Crippen LogP contribution in [0.3, 0.4) is 0 Å². The molecule has 2 heteroatoms. The number of carbonyl (C=O) groups excluding carboxylic acids is 1. The molecule has 0 fully saturated rings. The van der Waals surface area contributed by atoms with E-state index in [-0.39, 0.29) is 23.2 Å². The minimum Gasteiger partial charge on any atom is -0.314 e. The van der Waals surface area contributed by atoms with Gasteiger partial charge >= 0.3 is 0 Å². The number of carbonyl (C=O) groups is 1. The number of ketones is 1. The zero-order valence-corrected chi connectivity index (χ0v) is 10.1. The monoisotopic (exact) mass is 207 g/mol. The van der Waals surface area contributed by atoms with E-state index in [4.69, 9.17) is 0 Å². The minimum atomic E-state index is 0.00653. The Morgan fingerprint density at radius 2 is 2.20 bits per heavy atom. The van der Waals surface area contributed by atoms with E-state index in [1.54, 1.807) is 6.08 Å². The van der Waals surface area contributed by atoms with E-state index in [0.29, 0.717) is 0 Å².